The smallest absolute Gasteiger partial charge is 0.215 e. The maximum absolute atomic E-state index is 8.69. The fourth-order valence-corrected chi connectivity index (χ4v) is 1.24. The van der Waals surface area contributed by atoms with Crippen LogP contribution in [0.1, 0.15) is 11.1 Å². The van der Waals surface area contributed by atoms with Gasteiger partial charge in [-0.25, -0.2) is 4.98 Å². The van der Waals surface area contributed by atoms with Crippen LogP contribution >= 0.6 is 0 Å². The standard InChI is InChI=1S/C13H9N2O/c14-9-12-6-7-15-13(8-12)16-10-11-4-2-1-3-5-11/h1-6,8H,10H2. The number of nitrogens with zero attached hydrogens (tertiary/aromatic N) is 2. The number of hydrogen-bond donors (Lipinski definition) is 0. The predicted molar refractivity (Wildman–Crippen MR) is 58.6 cm³/mol. The van der Waals surface area contributed by atoms with Crippen LogP contribution in [0.4, 0.5) is 0 Å². The topological polar surface area (TPSA) is 45.9 Å². The van der Waals surface area contributed by atoms with Crippen molar-refractivity contribution in [3.63, 3.8) is 0 Å². The Bertz CT molecular complexity index is 503. The third-order valence-corrected chi connectivity index (χ3v) is 2.03. The zero-order valence-corrected chi connectivity index (χ0v) is 8.55. The summed E-state index contributed by atoms with van der Waals surface area (Å²) in [7, 11) is 0. The van der Waals surface area contributed by atoms with E-state index in [-0.39, 0.29) is 0 Å². The van der Waals surface area contributed by atoms with E-state index in [0.717, 1.165) is 5.56 Å². The number of pyridine rings is 1. The molecule has 1 heterocycles. The van der Waals surface area contributed by atoms with E-state index < -0.39 is 0 Å². The average molecular weight is 209 g/mol. The molecule has 3 nitrogen and oxygen atoms in total. The first-order valence-electron chi connectivity index (χ1n) is 4.83. The maximum atomic E-state index is 8.69. The highest BCUT2D eigenvalue weighted by Crippen LogP contribution is 2.10. The Morgan fingerprint density at radius 1 is 1.31 bits per heavy atom. The Kier molecular flexibility index (Phi) is 3.15. The number of hydrogen-bond acceptors (Lipinski definition) is 3. The highest BCUT2D eigenvalue weighted by molar-refractivity contribution is 5.30. The molecule has 0 aliphatic heterocycles. The van der Waals surface area contributed by atoms with Gasteiger partial charge in [-0.05, 0) is 11.6 Å². The van der Waals surface area contributed by atoms with Gasteiger partial charge < -0.3 is 4.74 Å². The molecular formula is C13H9N2O. The van der Waals surface area contributed by atoms with Crippen LogP contribution in [0.2, 0.25) is 0 Å². The van der Waals surface area contributed by atoms with Crippen molar-refractivity contribution in [3.8, 4) is 11.9 Å². The van der Waals surface area contributed by atoms with Gasteiger partial charge in [0.1, 0.15) is 6.61 Å². The van der Waals surface area contributed by atoms with E-state index in [1.165, 1.54) is 6.07 Å². The lowest BCUT2D eigenvalue weighted by Gasteiger charge is -2.04. The second-order valence-electron chi connectivity index (χ2n) is 3.21. The summed E-state index contributed by atoms with van der Waals surface area (Å²) in [6.45, 7) is 0.441. The van der Waals surface area contributed by atoms with Gasteiger partial charge in [0.25, 0.3) is 0 Å². The van der Waals surface area contributed by atoms with Crippen molar-refractivity contribution in [2.75, 3.05) is 0 Å². The van der Waals surface area contributed by atoms with Gasteiger partial charge in [0.05, 0.1) is 17.8 Å². The van der Waals surface area contributed by atoms with Crippen molar-refractivity contribution in [1.82, 2.24) is 4.98 Å². The van der Waals surface area contributed by atoms with Crippen LogP contribution in [-0.2, 0) is 6.61 Å². The number of rotatable bonds is 3. The molecule has 0 bridgehead atoms. The van der Waals surface area contributed by atoms with Crippen LogP contribution < -0.4 is 4.74 Å². The van der Waals surface area contributed by atoms with Crippen LogP contribution in [0.5, 0.6) is 5.88 Å². The Morgan fingerprint density at radius 2 is 2.12 bits per heavy atom. The molecule has 0 saturated heterocycles. The molecule has 0 amide bonds. The largest absolute Gasteiger partial charge is 0.473 e. The average Bonchev–Trinajstić information content (AvgIpc) is 2.38. The molecule has 0 fully saturated rings. The molecule has 77 valence electrons. The van der Waals surface area contributed by atoms with Crippen molar-refractivity contribution in [2.45, 2.75) is 6.61 Å². The van der Waals surface area contributed by atoms with Crippen LogP contribution in [0.3, 0.4) is 0 Å². The minimum atomic E-state index is 0.419. The fourth-order valence-electron chi connectivity index (χ4n) is 1.24. The van der Waals surface area contributed by atoms with Crippen molar-refractivity contribution in [1.29, 1.82) is 5.26 Å². The zero-order chi connectivity index (χ0) is 11.2. The van der Waals surface area contributed by atoms with Gasteiger partial charge in [-0.3, -0.25) is 0 Å². The van der Waals surface area contributed by atoms with Crippen molar-refractivity contribution < 1.29 is 4.74 Å². The molecule has 0 aliphatic carbocycles. The Hall–Kier alpha value is -2.34. The lowest BCUT2D eigenvalue weighted by molar-refractivity contribution is 0.293. The van der Waals surface area contributed by atoms with Gasteiger partial charge in [-0.2, -0.15) is 5.26 Å². The molecule has 16 heavy (non-hydrogen) atoms. The van der Waals surface area contributed by atoms with Crippen LogP contribution in [0, 0.1) is 17.5 Å². The first kappa shape index (κ1) is 10.2. The van der Waals surface area contributed by atoms with Crippen molar-refractivity contribution >= 4 is 0 Å². The van der Waals surface area contributed by atoms with Gasteiger partial charge in [0.2, 0.25) is 5.88 Å². The summed E-state index contributed by atoms with van der Waals surface area (Å²) in [6, 6.07) is 14.9. The summed E-state index contributed by atoms with van der Waals surface area (Å²) in [5, 5.41) is 8.69. The predicted octanol–water partition coefficient (Wildman–Crippen LogP) is 2.33. The number of ether oxygens (including phenoxy) is 1. The third-order valence-electron chi connectivity index (χ3n) is 2.03. The van der Waals surface area contributed by atoms with Crippen LogP contribution in [0.25, 0.3) is 0 Å². The molecule has 2 aromatic rings. The first-order valence-corrected chi connectivity index (χ1v) is 4.83. The molecule has 1 aromatic heterocycles. The third kappa shape index (κ3) is 2.58. The van der Waals surface area contributed by atoms with Crippen molar-refractivity contribution in [3.05, 3.63) is 59.8 Å². The minimum Gasteiger partial charge on any atom is -0.473 e. The molecule has 1 radical (unpaired) electrons. The number of aromatic nitrogens is 1. The molecule has 0 spiro atoms. The maximum Gasteiger partial charge on any atom is 0.215 e. The van der Waals surface area contributed by atoms with Crippen LogP contribution in [0.15, 0.2) is 42.5 Å². The van der Waals surface area contributed by atoms with Gasteiger partial charge in [0.15, 0.2) is 0 Å². The molecule has 0 aliphatic rings. The molecule has 0 unspecified atom stereocenters. The Morgan fingerprint density at radius 3 is 2.88 bits per heavy atom. The monoisotopic (exact) mass is 209 g/mol. The van der Waals surface area contributed by atoms with Gasteiger partial charge in [-0.1, -0.05) is 30.3 Å². The summed E-state index contributed by atoms with van der Waals surface area (Å²) >= 11 is 0. The Labute approximate surface area is 93.9 Å². The molecule has 3 heteroatoms. The van der Waals surface area contributed by atoms with E-state index in [9.17, 15) is 0 Å². The van der Waals surface area contributed by atoms with Crippen molar-refractivity contribution in [2.24, 2.45) is 0 Å². The molecule has 0 N–H and O–H groups in total. The number of nitriles is 1. The zero-order valence-electron chi connectivity index (χ0n) is 8.55. The van der Waals surface area contributed by atoms with E-state index in [1.807, 2.05) is 36.4 Å². The second-order valence-corrected chi connectivity index (χ2v) is 3.21. The summed E-state index contributed by atoms with van der Waals surface area (Å²) < 4.78 is 5.44. The molecule has 2 rings (SSSR count). The second kappa shape index (κ2) is 4.94. The molecule has 0 saturated carbocycles. The lowest BCUT2D eigenvalue weighted by Crippen LogP contribution is -1.97. The molecule has 0 atom stereocenters. The normalized spacial score (nSPS) is 9.44. The van der Waals surface area contributed by atoms with Gasteiger partial charge >= 0.3 is 0 Å². The van der Waals surface area contributed by atoms with E-state index in [2.05, 4.69) is 11.2 Å². The summed E-state index contributed by atoms with van der Waals surface area (Å²) in [6.07, 6.45) is 2.62. The molecule has 1 aromatic carbocycles. The quantitative estimate of drug-likeness (QED) is 0.779. The number of benzene rings is 1. The van der Waals surface area contributed by atoms with Gasteiger partial charge in [0, 0.05) is 6.07 Å². The van der Waals surface area contributed by atoms with E-state index in [4.69, 9.17) is 10.00 Å². The lowest BCUT2D eigenvalue weighted by atomic mass is 10.2. The SMILES string of the molecule is N#Cc1c[c]nc(OCc2ccccc2)c1. The fraction of sp³-hybridized carbons (Fsp3) is 0.0769. The highest BCUT2D eigenvalue weighted by Gasteiger charge is 1.98. The molecular weight excluding hydrogens is 200 g/mol. The summed E-state index contributed by atoms with van der Waals surface area (Å²) in [4.78, 5) is 3.90. The van der Waals surface area contributed by atoms with E-state index in [1.54, 1.807) is 6.07 Å². The highest BCUT2D eigenvalue weighted by atomic mass is 16.5. The van der Waals surface area contributed by atoms with E-state index >= 15 is 0 Å². The van der Waals surface area contributed by atoms with Crippen LogP contribution in [-0.4, -0.2) is 4.98 Å². The first-order chi connectivity index (χ1) is 7.88. The summed E-state index contributed by atoms with van der Waals surface area (Å²) in [5.41, 5.74) is 1.56. The minimum absolute atomic E-state index is 0.419. The van der Waals surface area contributed by atoms with E-state index in [0.29, 0.717) is 18.1 Å². The Balaban J connectivity index is 2.03. The summed E-state index contributed by atoms with van der Waals surface area (Å²) in [5.74, 6) is 0.419. The van der Waals surface area contributed by atoms with Gasteiger partial charge in [-0.15, -0.1) is 0 Å².